The van der Waals surface area contributed by atoms with Crippen LogP contribution in [0.3, 0.4) is 0 Å². The number of piperidine rings is 1. The van der Waals surface area contributed by atoms with Crippen molar-refractivity contribution in [3.8, 4) is 0 Å². The molecule has 2 unspecified atom stereocenters. The molecule has 2 amide bonds. The Labute approximate surface area is 157 Å². The van der Waals surface area contributed by atoms with Crippen molar-refractivity contribution < 1.29 is 9.59 Å². The zero-order valence-electron chi connectivity index (χ0n) is 16.2. The lowest BCUT2D eigenvalue weighted by Crippen LogP contribution is -2.49. The fourth-order valence-electron chi connectivity index (χ4n) is 4.17. The van der Waals surface area contributed by atoms with E-state index in [1.165, 1.54) is 24.0 Å². The first kappa shape index (κ1) is 18.9. The molecule has 26 heavy (non-hydrogen) atoms. The van der Waals surface area contributed by atoms with Crippen molar-refractivity contribution in [1.82, 2.24) is 10.2 Å². The molecule has 1 N–H and O–H groups in total. The number of hydrogen-bond donors (Lipinski definition) is 1. The van der Waals surface area contributed by atoms with Crippen LogP contribution < -0.4 is 5.32 Å². The molecule has 1 aromatic rings. The quantitative estimate of drug-likeness (QED) is 0.818. The molecule has 1 heterocycles. The molecule has 0 spiro atoms. The Morgan fingerprint density at radius 1 is 1.15 bits per heavy atom. The minimum atomic E-state index is -0.0790. The minimum Gasteiger partial charge on any atom is -0.356 e. The highest BCUT2D eigenvalue weighted by Crippen LogP contribution is 2.26. The monoisotopic (exact) mass is 356 g/mol. The maximum absolute atomic E-state index is 13.1. The molecule has 1 aromatic carbocycles. The zero-order valence-corrected chi connectivity index (χ0v) is 16.2. The fourth-order valence-corrected chi connectivity index (χ4v) is 4.17. The molecule has 0 radical (unpaired) electrons. The first-order valence-corrected chi connectivity index (χ1v) is 10.3. The SMILES string of the molecule is CCCCNC(=O)C1CCC(C)N(C(=O)c2ccc3c(c2)CCCC3)C1. The highest BCUT2D eigenvalue weighted by atomic mass is 16.2. The second kappa shape index (κ2) is 8.70. The molecule has 0 bridgehead atoms. The van der Waals surface area contributed by atoms with Crippen molar-refractivity contribution in [2.45, 2.75) is 71.3 Å². The summed E-state index contributed by atoms with van der Waals surface area (Å²) in [6, 6.07) is 6.39. The van der Waals surface area contributed by atoms with Gasteiger partial charge >= 0.3 is 0 Å². The molecule has 2 atom stereocenters. The van der Waals surface area contributed by atoms with Gasteiger partial charge in [0.1, 0.15) is 0 Å². The van der Waals surface area contributed by atoms with Crippen molar-refractivity contribution in [2.75, 3.05) is 13.1 Å². The van der Waals surface area contributed by atoms with Gasteiger partial charge in [0, 0.05) is 24.7 Å². The fraction of sp³-hybridized carbons (Fsp3) is 0.636. The van der Waals surface area contributed by atoms with Gasteiger partial charge in [-0.3, -0.25) is 9.59 Å². The minimum absolute atomic E-state index is 0.0790. The van der Waals surface area contributed by atoms with E-state index in [1.807, 2.05) is 11.0 Å². The van der Waals surface area contributed by atoms with Crippen LogP contribution in [0.1, 0.15) is 73.9 Å². The molecule has 1 fully saturated rings. The first-order chi connectivity index (χ1) is 12.6. The van der Waals surface area contributed by atoms with E-state index in [-0.39, 0.29) is 23.8 Å². The Bertz CT molecular complexity index is 656. The van der Waals surface area contributed by atoms with Gasteiger partial charge in [0.05, 0.1) is 5.92 Å². The van der Waals surface area contributed by atoms with Gasteiger partial charge in [-0.05, 0) is 75.1 Å². The van der Waals surface area contributed by atoms with Crippen LogP contribution in [0.5, 0.6) is 0 Å². The highest BCUT2D eigenvalue weighted by molar-refractivity contribution is 5.95. The van der Waals surface area contributed by atoms with Gasteiger partial charge in [0.15, 0.2) is 0 Å². The molecule has 4 nitrogen and oxygen atoms in total. The van der Waals surface area contributed by atoms with Crippen LogP contribution in [-0.2, 0) is 17.6 Å². The number of fused-ring (bicyclic) bond motifs is 1. The number of carbonyl (C=O) groups is 2. The van der Waals surface area contributed by atoms with Crippen LogP contribution in [0.15, 0.2) is 18.2 Å². The number of amides is 2. The van der Waals surface area contributed by atoms with E-state index in [2.05, 4.69) is 31.3 Å². The number of nitrogens with one attached hydrogen (secondary N) is 1. The number of benzene rings is 1. The molecule has 1 aliphatic carbocycles. The number of carbonyl (C=O) groups excluding carboxylic acids is 2. The Morgan fingerprint density at radius 2 is 1.92 bits per heavy atom. The molecule has 1 aliphatic heterocycles. The van der Waals surface area contributed by atoms with Gasteiger partial charge < -0.3 is 10.2 Å². The first-order valence-electron chi connectivity index (χ1n) is 10.3. The van der Waals surface area contributed by atoms with E-state index in [4.69, 9.17) is 0 Å². The van der Waals surface area contributed by atoms with Gasteiger partial charge in [-0.15, -0.1) is 0 Å². The number of likely N-dealkylation sites (tertiary alicyclic amines) is 1. The lowest BCUT2D eigenvalue weighted by molar-refractivity contribution is -0.126. The van der Waals surface area contributed by atoms with E-state index in [0.717, 1.165) is 50.6 Å². The van der Waals surface area contributed by atoms with Crippen molar-refractivity contribution in [1.29, 1.82) is 0 Å². The van der Waals surface area contributed by atoms with Crippen molar-refractivity contribution in [3.05, 3.63) is 34.9 Å². The Kier molecular flexibility index (Phi) is 6.33. The summed E-state index contributed by atoms with van der Waals surface area (Å²) in [4.78, 5) is 27.5. The summed E-state index contributed by atoms with van der Waals surface area (Å²) in [5, 5.41) is 3.03. The third kappa shape index (κ3) is 4.28. The predicted molar refractivity (Wildman–Crippen MR) is 104 cm³/mol. The lowest BCUT2D eigenvalue weighted by atomic mass is 9.89. The van der Waals surface area contributed by atoms with Crippen LogP contribution in [-0.4, -0.2) is 35.8 Å². The largest absolute Gasteiger partial charge is 0.356 e. The van der Waals surface area contributed by atoms with Crippen LogP contribution in [0, 0.1) is 5.92 Å². The van der Waals surface area contributed by atoms with Crippen LogP contribution in [0.25, 0.3) is 0 Å². The standard InChI is InChI=1S/C22H32N2O2/c1-3-4-13-23-21(25)20-10-9-16(2)24(15-20)22(26)19-12-11-17-7-5-6-8-18(17)14-19/h11-12,14,16,20H,3-10,13,15H2,1-2H3,(H,23,25). The van der Waals surface area contributed by atoms with Gasteiger partial charge in [-0.2, -0.15) is 0 Å². The molecule has 4 heteroatoms. The summed E-state index contributed by atoms with van der Waals surface area (Å²) in [6.07, 6.45) is 8.51. The average molecular weight is 357 g/mol. The van der Waals surface area contributed by atoms with Gasteiger partial charge in [0.25, 0.3) is 5.91 Å². The molecular weight excluding hydrogens is 324 g/mol. The molecule has 142 valence electrons. The van der Waals surface area contributed by atoms with Crippen molar-refractivity contribution >= 4 is 11.8 Å². The number of aryl methyl sites for hydroxylation is 2. The van der Waals surface area contributed by atoms with E-state index in [1.54, 1.807) is 0 Å². The lowest BCUT2D eigenvalue weighted by Gasteiger charge is -2.37. The van der Waals surface area contributed by atoms with Gasteiger partial charge in [-0.1, -0.05) is 19.4 Å². The molecule has 0 aromatic heterocycles. The van der Waals surface area contributed by atoms with E-state index in [9.17, 15) is 9.59 Å². The topological polar surface area (TPSA) is 49.4 Å². The van der Waals surface area contributed by atoms with E-state index < -0.39 is 0 Å². The summed E-state index contributed by atoms with van der Waals surface area (Å²) < 4.78 is 0. The normalized spacial score (nSPS) is 22.6. The molecule has 1 saturated heterocycles. The van der Waals surface area contributed by atoms with Crippen LogP contribution in [0.2, 0.25) is 0 Å². The number of unbranched alkanes of at least 4 members (excludes halogenated alkanes) is 1. The summed E-state index contributed by atoms with van der Waals surface area (Å²) in [7, 11) is 0. The second-order valence-corrected chi connectivity index (χ2v) is 7.92. The zero-order chi connectivity index (χ0) is 18.5. The Balaban J connectivity index is 1.68. The Hall–Kier alpha value is -1.84. The predicted octanol–water partition coefficient (Wildman–Crippen LogP) is 3.72. The van der Waals surface area contributed by atoms with Crippen molar-refractivity contribution in [3.63, 3.8) is 0 Å². The summed E-state index contributed by atoms with van der Waals surface area (Å²) in [5.41, 5.74) is 3.51. The second-order valence-electron chi connectivity index (χ2n) is 7.92. The molecule has 0 saturated carbocycles. The molecular formula is C22H32N2O2. The maximum Gasteiger partial charge on any atom is 0.254 e. The highest BCUT2D eigenvalue weighted by Gasteiger charge is 2.33. The third-order valence-corrected chi connectivity index (χ3v) is 5.94. The Morgan fingerprint density at radius 3 is 2.69 bits per heavy atom. The van der Waals surface area contributed by atoms with Crippen LogP contribution >= 0.6 is 0 Å². The average Bonchev–Trinajstić information content (AvgIpc) is 2.67. The van der Waals surface area contributed by atoms with E-state index in [0.29, 0.717) is 6.54 Å². The van der Waals surface area contributed by atoms with Crippen LogP contribution in [0.4, 0.5) is 0 Å². The van der Waals surface area contributed by atoms with Crippen molar-refractivity contribution in [2.24, 2.45) is 5.92 Å². The third-order valence-electron chi connectivity index (χ3n) is 5.94. The number of nitrogens with zero attached hydrogens (tertiary/aromatic N) is 1. The smallest absolute Gasteiger partial charge is 0.254 e. The molecule has 2 aliphatic rings. The van der Waals surface area contributed by atoms with E-state index >= 15 is 0 Å². The number of rotatable bonds is 5. The summed E-state index contributed by atoms with van der Waals surface area (Å²) in [6.45, 7) is 5.49. The van der Waals surface area contributed by atoms with Gasteiger partial charge in [-0.25, -0.2) is 0 Å². The maximum atomic E-state index is 13.1. The van der Waals surface area contributed by atoms with Gasteiger partial charge in [0.2, 0.25) is 5.91 Å². The summed E-state index contributed by atoms with van der Waals surface area (Å²) >= 11 is 0. The number of hydrogen-bond acceptors (Lipinski definition) is 2. The molecule has 3 rings (SSSR count). The summed E-state index contributed by atoms with van der Waals surface area (Å²) in [5.74, 6) is 0.107.